The summed E-state index contributed by atoms with van der Waals surface area (Å²) in [4.78, 5) is 14.5. The Hall–Kier alpha value is -2.62. The summed E-state index contributed by atoms with van der Waals surface area (Å²) in [5.41, 5.74) is 2.00. The number of hydrogen-bond acceptors (Lipinski definition) is 3. The van der Waals surface area contributed by atoms with Crippen LogP contribution < -0.4 is 0 Å². The van der Waals surface area contributed by atoms with Crippen molar-refractivity contribution < 1.29 is 14.6 Å². The third-order valence-electron chi connectivity index (χ3n) is 2.88. The standard InChI is InChI=1S/C13H12O2.C7H15NO/c1-3-4-5-10(2)11-6-8-12(9-7-11)13(14)15;1-6(2)5-9-7(3)8-4/h3-9H,1-2H2,(H,14,15);6H,5H2,1-4H3/b5-4-;. The van der Waals surface area contributed by atoms with Crippen LogP contribution in [-0.4, -0.2) is 30.6 Å². The van der Waals surface area contributed by atoms with Crippen molar-refractivity contribution in [2.45, 2.75) is 20.8 Å². The van der Waals surface area contributed by atoms with Gasteiger partial charge in [0.2, 0.25) is 0 Å². The van der Waals surface area contributed by atoms with Gasteiger partial charge in [-0.25, -0.2) is 4.79 Å². The van der Waals surface area contributed by atoms with E-state index in [-0.39, 0.29) is 5.56 Å². The van der Waals surface area contributed by atoms with Gasteiger partial charge in [-0.2, -0.15) is 0 Å². The van der Waals surface area contributed by atoms with Crippen molar-refractivity contribution in [3.05, 3.63) is 66.8 Å². The second kappa shape index (κ2) is 11.9. The Bertz CT molecular complexity index is 596. The van der Waals surface area contributed by atoms with Crippen LogP contribution in [0.1, 0.15) is 36.7 Å². The molecule has 0 aliphatic heterocycles. The number of carboxylic acid groups (broad SMARTS) is 1. The molecular weight excluding hydrogens is 302 g/mol. The average Bonchev–Trinajstić information content (AvgIpc) is 2.58. The normalized spacial score (nSPS) is 11.0. The molecule has 4 heteroatoms. The van der Waals surface area contributed by atoms with E-state index in [2.05, 4.69) is 32.0 Å². The highest BCUT2D eigenvalue weighted by molar-refractivity contribution is 5.88. The lowest BCUT2D eigenvalue weighted by Gasteiger charge is -2.05. The summed E-state index contributed by atoms with van der Waals surface area (Å²) in [6.07, 6.45) is 5.27. The predicted octanol–water partition coefficient (Wildman–Crippen LogP) is 4.85. The van der Waals surface area contributed by atoms with Gasteiger partial charge >= 0.3 is 5.97 Å². The van der Waals surface area contributed by atoms with Gasteiger partial charge in [-0.05, 0) is 29.2 Å². The van der Waals surface area contributed by atoms with E-state index < -0.39 is 5.97 Å². The zero-order valence-electron chi connectivity index (χ0n) is 15.0. The summed E-state index contributed by atoms with van der Waals surface area (Å²) in [5.74, 6) is 0.430. The number of nitrogens with zero attached hydrogens (tertiary/aromatic N) is 1. The second-order valence-electron chi connectivity index (χ2n) is 5.45. The number of carbonyl (C=O) groups is 1. The van der Waals surface area contributed by atoms with Crippen molar-refractivity contribution in [1.29, 1.82) is 0 Å². The minimum atomic E-state index is -0.922. The number of aromatic carboxylic acids is 1. The molecule has 0 fully saturated rings. The van der Waals surface area contributed by atoms with E-state index in [0.29, 0.717) is 5.92 Å². The zero-order chi connectivity index (χ0) is 18.5. The molecule has 0 bridgehead atoms. The molecule has 0 heterocycles. The first-order chi connectivity index (χ1) is 11.3. The molecule has 130 valence electrons. The number of rotatable bonds is 6. The molecular formula is C20H27NO3. The van der Waals surface area contributed by atoms with Crippen molar-refractivity contribution in [3.63, 3.8) is 0 Å². The molecule has 0 amide bonds. The topological polar surface area (TPSA) is 58.9 Å². The molecule has 0 saturated heterocycles. The monoisotopic (exact) mass is 329 g/mol. The Kier molecular flexibility index (Phi) is 10.6. The van der Waals surface area contributed by atoms with E-state index in [9.17, 15) is 4.79 Å². The number of benzene rings is 1. The SMILES string of the molecule is C=C/C=C\C(=C)c1ccc(C(=O)O)cc1.CN=C(C)OCC(C)C. The van der Waals surface area contributed by atoms with Crippen LogP contribution in [-0.2, 0) is 4.74 Å². The van der Waals surface area contributed by atoms with Crippen LogP contribution in [0, 0.1) is 5.92 Å². The molecule has 0 atom stereocenters. The molecule has 0 saturated carbocycles. The fraction of sp³-hybridized carbons (Fsp3) is 0.300. The van der Waals surface area contributed by atoms with E-state index in [4.69, 9.17) is 9.84 Å². The van der Waals surface area contributed by atoms with Gasteiger partial charge in [-0.1, -0.05) is 57.4 Å². The highest BCUT2D eigenvalue weighted by Gasteiger charge is 2.01. The van der Waals surface area contributed by atoms with E-state index in [1.165, 1.54) is 0 Å². The lowest BCUT2D eigenvalue weighted by Crippen LogP contribution is -2.06. The lowest BCUT2D eigenvalue weighted by molar-refractivity contribution is 0.0697. The van der Waals surface area contributed by atoms with E-state index in [1.54, 1.807) is 43.5 Å². The number of carboxylic acids is 1. The molecule has 0 aliphatic rings. The Morgan fingerprint density at radius 3 is 2.25 bits per heavy atom. The maximum atomic E-state index is 10.6. The molecule has 24 heavy (non-hydrogen) atoms. The van der Waals surface area contributed by atoms with Crippen LogP contribution in [0.15, 0.2) is 60.6 Å². The van der Waals surface area contributed by atoms with Crippen molar-refractivity contribution in [2.24, 2.45) is 10.9 Å². The average molecular weight is 329 g/mol. The van der Waals surface area contributed by atoms with Crippen molar-refractivity contribution in [1.82, 2.24) is 0 Å². The molecule has 0 unspecified atom stereocenters. The van der Waals surface area contributed by atoms with Crippen molar-refractivity contribution in [3.8, 4) is 0 Å². The first-order valence-electron chi connectivity index (χ1n) is 7.69. The van der Waals surface area contributed by atoms with E-state index in [0.717, 1.165) is 23.6 Å². The second-order valence-corrected chi connectivity index (χ2v) is 5.45. The Morgan fingerprint density at radius 2 is 1.83 bits per heavy atom. The molecule has 1 aromatic rings. The smallest absolute Gasteiger partial charge is 0.335 e. The van der Waals surface area contributed by atoms with E-state index in [1.807, 2.05) is 13.0 Å². The molecule has 1 rings (SSSR count). The highest BCUT2D eigenvalue weighted by Crippen LogP contribution is 2.14. The van der Waals surface area contributed by atoms with Crippen LogP contribution in [0.3, 0.4) is 0 Å². The molecule has 1 aromatic carbocycles. The van der Waals surface area contributed by atoms with Crippen molar-refractivity contribution in [2.75, 3.05) is 13.7 Å². The summed E-state index contributed by atoms with van der Waals surface area (Å²) in [7, 11) is 1.73. The minimum absolute atomic E-state index is 0.277. The quantitative estimate of drug-likeness (QED) is 0.461. The molecule has 1 N–H and O–H groups in total. The van der Waals surface area contributed by atoms with Crippen molar-refractivity contribution >= 4 is 17.4 Å². The largest absolute Gasteiger partial charge is 0.481 e. The van der Waals surface area contributed by atoms with Gasteiger partial charge in [0.05, 0.1) is 12.2 Å². The molecule has 0 radical (unpaired) electrons. The first-order valence-corrected chi connectivity index (χ1v) is 7.69. The molecule has 0 spiro atoms. The van der Waals surface area contributed by atoms with Crippen LogP contribution in [0.25, 0.3) is 5.57 Å². The summed E-state index contributed by atoms with van der Waals surface area (Å²) >= 11 is 0. The number of ether oxygens (including phenoxy) is 1. The highest BCUT2D eigenvalue weighted by atomic mass is 16.5. The maximum Gasteiger partial charge on any atom is 0.335 e. The molecule has 0 aliphatic carbocycles. The van der Waals surface area contributed by atoms with Crippen LogP contribution >= 0.6 is 0 Å². The number of allylic oxidation sites excluding steroid dienone is 4. The fourth-order valence-electron chi connectivity index (χ4n) is 1.46. The Morgan fingerprint density at radius 1 is 1.29 bits per heavy atom. The molecule has 4 nitrogen and oxygen atoms in total. The maximum absolute atomic E-state index is 10.6. The Balaban J connectivity index is 0.000000506. The van der Waals surface area contributed by atoms with Gasteiger partial charge < -0.3 is 9.84 Å². The number of aliphatic imine (C=N–C) groups is 1. The van der Waals surface area contributed by atoms with Gasteiger partial charge in [-0.3, -0.25) is 4.99 Å². The fourth-order valence-corrected chi connectivity index (χ4v) is 1.46. The van der Waals surface area contributed by atoms with Crippen LogP contribution in [0.2, 0.25) is 0 Å². The third kappa shape index (κ3) is 9.41. The van der Waals surface area contributed by atoms with Crippen LogP contribution in [0.5, 0.6) is 0 Å². The first kappa shape index (κ1) is 21.4. The van der Waals surface area contributed by atoms with Gasteiger partial charge in [-0.15, -0.1) is 0 Å². The zero-order valence-corrected chi connectivity index (χ0v) is 15.0. The van der Waals surface area contributed by atoms with Gasteiger partial charge in [0.15, 0.2) is 5.90 Å². The Labute approximate surface area is 144 Å². The van der Waals surface area contributed by atoms with Crippen LogP contribution in [0.4, 0.5) is 0 Å². The lowest BCUT2D eigenvalue weighted by atomic mass is 10.1. The summed E-state index contributed by atoms with van der Waals surface area (Å²) < 4.78 is 5.20. The third-order valence-corrected chi connectivity index (χ3v) is 2.88. The van der Waals surface area contributed by atoms with Gasteiger partial charge in [0, 0.05) is 14.0 Å². The number of hydrogen-bond donors (Lipinski definition) is 1. The molecule has 0 aromatic heterocycles. The predicted molar refractivity (Wildman–Crippen MR) is 102 cm³/mol. The summed E-state index contributed by atoms with van der Waals surface area (Å²) in [6.45, 7) is 14.3. The van der Waals surface area contributed by atoms with E-state index >= 15 is 0 Å². The van der Waals surface area contributed by atoms with Gasteiger partial charge in [0.25, 0.3) is 0 Å². The minimum Gasteiger partial charge on any atom is -0.481 e. The van der Waals surface area contributed by atoms with Gasteiger partial charge in [0.1, 0.15) is 0 Å². The summed E-state index contributed by atoms with van der Waals surface area (Å²) in [6, 6.07) is 6.59. The summed E-state index contributed by atoms with van der Waals surface area (Å²) in [5, 5.41) is 8.71.